The molecule has 96 valence electrons. The Kier molecular flexibility index (Phi) is 3.76. The summed E-state index contributed by atoms with van der Waals surface area (Å²) in [5, 5.41) is 3.06. The van der Waals surface area contributed by atoms with E-state index in [2.05, 4.69) is 20.3 Å². The molecule has 0 aliphatic carbocycles. The molecule has 0 aliphatic rings. The fourth-order valence-corrected chi connectivity index (χ4v) is 1.48. The standard InChI is InChI=1S/C12H16N4O2/c1-4-17-10-5-8(2)15-12(16-10)14-7-11-13-6-9(3)18-11/h5-6H,4,7H2,1-3H3,(H,14,15,16). The molecule has 0 radical (unpaired) electrons. The van der Waals surface area contributed by atoms with Gasteiger partial charge < -0.3 is 14.5 Å². The van der Waals surface area contributed by atoms with Crippen LogP contribution in [-0.4, -0.2) is 21.6 Å². The number of aromatic nitrogens is 3. The summed E-state index contributed by atoms with van der Waals surface area (Å²) in [6.45, 7) is 6.69. The first-order valence-corrected chi connectivity index (χ1v) is 5.81. The molecule has 0 saturated carbocycles. The zero-order valence-electron chi connectivity index (χ0n) is 10.7. The van der Waals surface area contributed by atoms with Crippen LogP contribution in [0.4, 0.5) is 5.95 Å². The second kappa shape index (κ2) is 5.48. The molecule has 6 nitrogen and oxygen atoms in total. The summed E-state index contributed by atoms with van der Waals surface area (Å²) in [4.78, 5) is 12.6. The van der Waals surface area contributed by atoms with Crippen LogP contribution in [0.1, 0.15) is 24.3 Å². The molecule has 0 atom stereocenters. The quantitative estimate of drug-likeness (QED) is 0.873. The number of nitrogens with zero attached hydrogens (tertiary/aromatic N) is 3. The third-order valence-corrected chi connectivity index (χ3v) is 2.19. The highest BCUT2D eigenvalue weighted by molar-refractivity contribution is 5.30. The minimum absolute atomic E-state index is 0.447. The summed E-state index contributed by atoms with van der Waals surface area (Å²) in [6, 6.07) is 1.80. The molecular formula is C12H16N4O2. The van der Waals surface area contributed by atoms with Crippen molar-refractivity contribution in [2.24, 2.45) is 0 Å². The van der Waals surface area contributed by atoms with Gasteiger partial charge in [-0.15, -0.1) is 0 Å². The lowest BCUT2D eigenvalue weighted by Gasteiger charge is -2.06. The number of hydrogen-bond acceptors (Lipinski definition) is 6. The van der Waals surface area contributed by atoms with E-state index in [9.17, 15) is 0 Å². The van der Waals surface area contributed by atoms with Gasteiger partial charge in [-0.2, -0.15) is 4.98 Å². The Balaban J connectivity index is 2.04. The van der Waals surface area contributed by atoms with Gasteiger partial charge in [0, 0.05) is 11.8 Å². The molecule has 1 N–H and O–H groups in total. The van der Waals surface area contributed by atoms with Crippen molar-refractivity contribution < 1.29 is 9.15 Å². The van der Waals surface area contributed by atoms with Crippen molar-refractivity contribution >= 4 is 5.95 Å². The molecule has 0 saturated heterocycles. The van der Waals surface area contributed by atoms with E-state index in [0.717, 1.165) is 11.5 Å². The number of nitrogens with one attached hydrogen (secondary N) is 1. The zero-order chi connectivity index (χ0) is 13.0. The van der Waals surface area contributed by atoms with Crippen LogP contribution in [0, 0.1) is 13.8 Å². The summed E-state index contributed by atoms with van der Waals surface area (Å²) in [5.41, 5.74) is 0.847. The average molecular weight is 248 g/mol. The van der Waals surface area contributed by atoms with Crippen molar-refractivity contribution in [3.8, 4) is 5.88 Å². The predicted molar refractivity (Wildman–Crippen MR) is 66.5 cm³/mol. The van der Waals surface area contributed by atoms with E-state index in [1.54, 1.807) is 12.3 Å². The van der Waals surface area contributed by atoms with E-state index < -0.39 is 0 Å². The number of rotatable bonds is 5. The highest BCUT2D eigenvalue weighted by atomic mass is 16.5. The largest absolute Gasteiger partial charge is 0.478 e. The summed E-state index contributed by atoms with van der Waals surface area (Å²) >= 11 is 0. The van der Waals surface area contributed by atoms with Crippen molar-refractivity contribution in [3.63, 3.8) is 0 Å². The van der Waals surface area contributed by atoms with Crippen LogP contribution in [0.2, 0.25) is 0 Å². The Morgan fingerprint density at radius 1 is 1.33 bits per heavy atom. The van der Waals surface area contributed by atoms with Crippen molar-refractivity contribution in [3.05, 3.63) is 29.6 Å². The maximum Gasteiger partial charge on any atom is 0.226 e. The van der Waals surface area contributed by atoms with Gasteiger partial charge >= 0.3 is 0 Å². The van der Waals surface area contributed by atoms with Gasteiger partial charge in [0.2, 0.25) is 17.7 Å². The molecule has 0 aliphatic heterocycles. The monoisotopic (exact) mass is 248 g/mol. The van der Waals surface area contributed by atoms with Gasteiger partial charge in [-0.3, -0.25) is 0 Å². The molecule has 18 heavy (non-hydrogen) atoms. The van der Waals surface area contributed by atoms with E-state index in [1.807, 2.05) is 20.8 Å². The van der Waals surface area contributed by atoms with E-state index in [-0.39, 0.29) is 0 Å². The maximum atomic E-state index is 5.35. The topological polar surface area (TPSA) is 73.1 Å². The molecule has 2 aromatic heterocycles. The molecule has 2 aromatic rings. The number of oxazole rings is 1. The van der Waals surface area contributed by atoms with Crippen molar-refractivity contribution in [2.45, 2.75) is 27.3 Å². The van der Waals surface area contributed by atoms with Crippen LogP contribution in [-0.2, 0) is 6.54 Å². The molecule has 0 spiro atoms. The Hall–Kier alpha value is -2.11. The van der Waals surface area contributed by atoms with E-state index in [0.29, 0.717) is 30.9 Å². The van der Waals surface area contributed by atoms with Crippen LogP contribution in [0.5, 0.6) is 5.88 Å². The fraction of sp³-hybridized carbons (Fsp3) is 0.417. The van der Waals surface area contributed by atoms with Gasteiger partial charge in [0.25, 0.3) is 0 Å². The van der Waals surface area contributed by atoms with Gasteiger partial charge in [0.15, 0.2) is 0 Å². The normalized spacial score (nSPS) is 10.4. The molecular weight excluding hydrogens is 232 g/mol. The number of aryl methyl sites for hydroxylation is 2. The van der Waals surface area contributed by atoms with Crippen LogP contribution in [0.3, 0.4) is 0 Å². The third kappa shape index (κ3) is 3.19. The molecule has 0 bridgehead atoms. The summed E-state index contributed by atoms with van der Waals surface area (Å²) < 4.78 is 10.7. The average Bonchev–Trinajstić information content (AvgIpc) is 2.72. The number of anilines is 1. The van der Waals surface area contributed by atoms with Crippen LogP contribution in [0.25, 0.3) is 0 Å². The summed E-state index contributed by atoms with van der Waals surface area (Å²) in [5.74, 6) is 2.47. The second-order valence-electron chi connectivity index (χ2n) is 3.82. The van der Waals surface area contributed by atoms with E-state index >= 15 is 0 Å². The molecule has 0 fully saturated rings. The first-order valence-electron chi connectivity index (χ1n) is 5.81. The maximum absolute atomic E-state index is 5.35. The SMILES string of the molecule is CCOc1cc(C)nc(NCc2ncc(C)o2)n1. The third-order valence-electron chi connectivity index (χ3n) is 2.19. The highest BCUT2D eigenvalue weighted by Gasteiger charge is 2.05. The molecule has 0 unspecified atom stereocenters. The lowest BCUT2D eigenvalue weighted by atomic mass is 10.4. The predicted octanol–water partition coefficient (Wildman–Crippen LogP) is 2.09. The van der Waals surface area contributed by atoms with Crippen LogP contribution >= 0.6 is 0 Å². The van der Waals surface area contributed by atoms with Gasteiger partial charge in [-0.25, -0.2) is 9.97 Å². The van der Waals surface area contributed by atoms with Crippen LogP contribution in [0.15, 0.2) is 16.7 Å². The summed E-state index contributed by atoms with van der Waals surface area (Å²) in [6.07, 6.45) is 1.68. The zero-order valence-corrected chi connectivity index (χ0v) is 10.7. The first kappa shape index (κ1) is 12.3. The van der Waals surface area contributed by atoms with Gasteiger partial charge in [-0.05, 0) is 20.8 Å². The lowest BCUT2D eigenvalue weighted by Crippen LogP contribution is -2.06. The van der Waals surface area contributed by atoms with Gasteiger partial charge in [0.1, 0.15) is 5.76 Å². The summed E-state index contributed by atoms with van der Waals surface area (Å²) in [7, 11) is 0. The van der Waals surface area contributed by atoms with Gasteiger partial charge in [0.05, 0.1) is 19.3 Å². The molecule has 6 heteroatoms. The molecule has 0 aromatic carbocycles. The van der Waals surface area contributed by atoms with Crippen molar-refractivity contribution in [1.29, 1.82) is 0 Å². The van der Waals surface area contributed by atoms with Gasteiger partial charge in [-0.1, -0.05) is 0 Å². The Morgan fingerprint density at radius 2 is 2.17 bits per heavy atom. The van der Waals surface area contributed by atoms with E-state index in [4.69, 9.17) is 9.15 Å². The van der Waals surface area contributed by atoms with Crippen molar-refractivity contribution in [2.75, 3.05) is 11.9 Å². The Morgan fingerprint density at radius 3 is 2.83 bits per heavy atom. The Labute approximate surface area is 105 Å². The van der Waals surface area contributed by atoms with Crippen LogP contribution < -0.4 is 10.1 Å². The first-order chi connectivity index (χ1) is 8.67. The minimum Gasteiger partial charge on any atom is -0.478 e. The molecule has 2 heterocycles. The minimum atomic E-state index is 0.447. The lowest BCUT2D eigenvalue weighted by molar-refractivity contribution is 0.326. The number of hydrogen-bond donors (Lipinski definition) is 1. The molecule has 0 amide bonds. The second-order valence-corrected chi connectivity index (χ2v) is 3.82. The molecule has 2 rings (SSSR count). The number of ether oxygens (including phenoxy) is 1. The van der Waals surface area contributed by atoms with E-state index in [1.165, 1.54) is 0 Å². The van der Waals surface area contributed by atoms with Crippen molar-refractivity contribution in [1.82, 2.24) is 15.0 Å². The fourth-order valence-electron chi connectivity index (χ4n) is 1.48. The Bertz CT molecular complexity index is 525. The highest BCUT2D eigenvalue weighted by Crippen LogP contribution is 2.12. The smallest absolute Gasteiger partial charge is 0.226 e.